The van der Waals surface area contributed by atoms with Gasteiger partial charge in [0.1, 0.15) is 6.61 Å². The van der Waals surface area contributed by atoms with Crippen molar-refractivity contribution in [3.8, 4) is 0 Å². The van der Waals surface area contributed by atoms with Gasteiger partial charge in [-0.1, -0.05) is 6.07 Å². The maximum Gasteiger partial charge on any atom is 0.338 e. The van der Waals surface area contributed by atoms with E-state index in [1.807, 2.05) is 11.4 Å². The third-order valence-corrected chi connectivity index (χ3v) is 5.93. The minimum atomic E-state index is -0.566. The second-order valence-electron chi connectivity index (χ2n) is 7.08. The Morgan fingerprint density at radius 2 is 1.97 bits per heavy atom. The zero-order chi connectivity index (χ0) is 21.7. The van der Waals surface area contributed by atoms with Crippen molar-refractivity contribution in [1.29, 1.82) is 0 Å². The number of urea groups is 1. The van der Waals surface area contributed by atoms with Crippen LogP contribution in [0.4, 0.5) is 4.79 Å². The first kappa shape index (κ1) is 21.8. The number of amides is 3. The summed E-state index contributed by atoms with van der Waals surface area (Å²) in [5.41, 5.74) is 0.462. The number of thiophene rings is 1. The third-order valence-electron chi connectivity index (χ3n) is 5.07. The highest BCUT2D eigenvalue weighted by atomic mass is 32.1. The van der Waals surface area contributed by atoms with E-state index in [0.717, 1.165) is 0 Å². The fraction of sp³-hybridized carbons (Fsp3) is 0.500. The maximum atomic E-state index is 12.5. The summed E-state index contributed by atoms with van der Waals surface area (Å²) in [6.07, 6.45) is 1.01. The first-order valence-corrected chi connectivity index (χ1v) is 10.8. The van der Waals surface area contributed by atoms with E-state index in [-0.39, 0.29) is 36.3 Å². The van der Waals surface area contributed by atoms with Crippen LogP contribution in [0.1, 0.15) is 36.4 Å². The maximum absolute atomic E-state index is 12.5. The molecule has 0 aliphatic carbocycles. The Labute approximate surface area is 178 Å². The normalized spacial score (nSPS) is 19.7. The molecule has 2 aliphatic heterocycles. The zero-order valence-electron chi connectivity index (χ0n) is 16.9. The molecule has 0 radical (unpaired) electrons. The van der Waals surface area contributed by atoms with Crippen molar-refractivity contribution < 1.29 is 28.7 Å². The van der Waals surface area contributed by atoms with Crippen LogP contribution < -0.4 is 10.6 Å². The van der Waals surface area contributed by atoms with Gasteiger partial charge in [0.05, 0.1) is 34.7 Å². The summed E-state index contributed by atoms with van der Waals surface area (Å²) < 4.78 is 10.4. The van der Waals surface area contributed by atoms with Gasteiger partial charge in [0.15, 0.2) is 0 Å². The molecule has 2 N–H and O–H groups in total. The molecule has 1 fully saturated rings. The van der Waals surface area contributed by atoms with Crippen molar-refractivity contribution in [3.63, 3.8) is 0 Å². The summed E-state index contributed by atoms with van der Waals surface area (Å²) >= 11 is 1.40. The second-order valence-corrected chi connectivity index (χ2v) is 8.03. The molecule has 0 spiro atoms. The van der Waals surface area contributed by atoms with Gasteiger partial charge >= 0.3 is 18.0 Å². The molecule has 3 rings (SSSR count). The Morgan fingerprint density at radius 1 is 1.23 bits per heavy atom. The molecule has 2 aliphatic rings. The van der Waals surface area contributed by atoms with Gasteiger partial charge in [-0.3, -0.25) is 9.59 Å². The highest BCUT2D eigenvalue weighted by Crippen LogP contribution is 2.22. The number of ether oxygens (including phenoxy) is 2. The minimum Gasteiger partial charge on any atom is -0.463 e. The van der Waals surface area contributed by atoms with Crippen molar-refractivity contribution in [2.75, 3.05) is 26.3 Å². The molecular formula is C20H25N3O6S. The average molecular weight is 436 g/mol. The van der Waals surface area contributed by atoms with E-state index in [4.69, 9.17) is 9.47 Å². The van der Waals surface area contributed by atoms with E-state index in [0.29, 0.717) is 30.8 Å². The standard InChI is InChI=1S/C20H25N3O6S/c1-3-28-19(26)16-12(2)21-20(27)22-14(16)11-29-18(25)13-6-8-23(9-7-13)17(24)15-5-4-10-30-15/h4-5,10,12-13H,3,6-9,11H2,1-2H3,(H2,21,22,27)/t12-/m0/s1. The summed E-state index contributed by atoms with van der Waals surface area (Å²) in [5, 5.41) is 6.98. The quantitative estimate of drug-likeness (QED) is 0.657. The van der Waals surface area contributed by atoms with Gasteiger partial charge in [-0.25, -0.2) is 9.59 Å². The van der Waals surface area contributed by atoms with Gasteiger partial charge in [-0.2, -0.15) is 0 Å². The lowest BCUT2D eigenvalue weighted by Crippen LogP contribution is -2.50. The largest absolute Gasteiger partial charge is 0.463 e. The number of likely N-dealkylation sites (tertiary alicyclic amines) is 1. The van der Waals surface area contributed by atoms with Gasteiger partial charge in [-0.15, -0.1) is 11.3 Å². The first-order valence-electron chi connectivity index (χ1n) is 9.87. The molecule has 1 atom stereocenters. The predicted octanol–water partition coefficient (Wildman–Crippen LogP) is 1.66. The van der Waals surface area contributed by atoms with Crippen LogP contribution in [0, 0.1) is 5.92 Å². The Balaban J connectivity index is 1.57. The molecule has 162 valence electrons. The Morgan fingerprint density at radius 3 is 2.60 bits per heavy atom. The van der Waals surface area contributed by atoms with E-state index in [2.05, 4.69) is 10.6 Å². The second kappa shape index (κ2) is 9.75. The lowest BCUT2D eigenvalue weighted by molar-refractivity contribution is -0.149. The fourth-order valence-electron chi connectivity index (χ4n) is 3.53. The molecule has 0 aromatic carbocycles. The van der Waals surface area contributed by atoms with Crippen LogP contribution in [0.5, 0.6) is 0 Å². The molecule has 1 aromatic rings. The van der Waals surface area contributed by atoms with Gasteiger partial charge in [0.2, 0.25) is 0 Å². The van der Waals surface area contributed by atoms with Crippen molar-refractivity contribution in [3.05, 3.63) is 33.7 Å². The molecule has 3 heterocycles. The van der Waals surface area contributed by atoms with Gasteiger partial charge in [0, 0.05) is 13.1 Å². The van der Waals surface area contributed by atoms with Crippen LogP contribution in [-0.4, -0.2) is 61.1 Å². The predicted molar refractivity (Wildman–Crippen MR) is 109 cm³/mol. The molecule has 10 heteroatoms. The number of esters is 2. The van der Waals surface area contributed by atoms with E-state index in [1.54, 1.807) is 24.8 Å². The summed E-state index contributed by atoms with van der Waals surface area (Å²) in [7, 11) is 0. The van der Waals surface area contributed by atoms with Gasteiger partial charge in [0.25, 0.3) is 5.91 Å². The molecule has 30 heavy (non-hydrogen) atoms. The van der Waals surface area contributed by atoms with E-state index in [9.17, 15) is 19.2 Å². The van der Waals surface area contributed by atoms with E-state index in [1.165, 1.54) is 11.3 Å². The van der Waals surface area contributed by atoms with E-state index >= 15 is 0 Å². The number of carbonyl (C=O) groups excluding carboxylic acids is 4. The molecule has 0 saturated carbocycles. The summed E-state index contributed by atoms with van der Waals surface area (Å²) in [6.45, 7) is 4.27. The number of hydrogen-bond acceptors (Lipinski definition) is 7. The number of nitrogens with one attached hydrogen (secondary N) is 2. The minimum absolute atomic E-state index is 0.0209. The number of rotatable bonds is 6. The van der Waals surface area contributed by atoms with Crippen LogP contribution in [-0.2, 0) is 19.1 Å². The highest BCUT2D eigenvalue weighted by molar-refractivity contribution is 7.12. The molecular weight excluding hydrogens is 410 g/mol. The average Bonchev–Trinajstić information content (AvgIpc) is 3.26. The van der Waals surface area contributed by atoms with Crippen LogP contribution in [0.15, 0.2) is 28.8 Å². The lowest BCUT2D eigenvalue weighted by atomic mass is 9.97. The zero-order valence-corrected chi connectivity index (χ0v) is 17.8. The van der Waals surface area contributed by atoms with Gasteiger partial charge < -0.3 is 25.0 Å². The smallest absolute Gasteiger partial charge is 0.338 e. The highest BCUT2D eigenvalue weighted by Gasteiger charge is 2.32. The number of nitrogens with zero attached hydrogens (tertiary/aromatic N) is 1. The van der Waals surface area contributed by atoms with Crippen molar-refractivity contribution in [2.24, 2.45) is 5.92 Å². The Hall–Kier alpha value is -2.88. The van der Waals surface area contributed by atoms with Crippen molar-refractivity contribution in [1.82, 2.24) is 15.5 Å². The number of hydrogen-bond donors (Lipinski definition) is 2. The van der Waals surface area contributed by atoms with Gasteiger partial charge in [-0.05, 0) is 38.1 Å². The Kier molecular flexibility index (Phi) is 7.09. The fourth-order valence-corrected chi connectivity index (χ4v) is 4.22. The lowest BCUT2D eigenvalue weighted by Gasteiger charge is -2.31. The van der Waals surface area contributed by atoms with Crippen LogP contribution in [0.2, 0.25) is 0 Å². The molecule has 0 bridgehead atoms. The van der Waals surface area contributed by atoms with E-state index < -0.39 is 24.0 Å². The topological polar surface area (TPSA) is 114 Å². The molecule has 0 unspecified atom stereocenters. The molecule has 3 amide bonds. The summed E-state index contributed by atoms with van der Waals surface area (Å²) in [6, 6.07) is 2.60. The number of carbonyl (C=O) groups is 4. The molecule has 1 saturated heterocycles. The third kappa shape index (κ3) is 4.99. The summed E-state index contributed by atoms with van der Waals surface area (Å²) in [4.78, 5) is 51.3. The number of piperidine rings is 1. The monoisotopic (exact) mass is 435 g/mol. The van der Waals surface area contributed by atoms with Crippen LogP contribution in [0.3, 0.4) is 0 Å². The molecule has 9 nitrogen and oxygen atoms in total. The van der Waals surface area contributed by atoms with Crippen LogP contribution in [0.25, 0.3) is 0 Å². The molecule has 1 aromatic heterocycles. The van der Waals surface area contributed by atoms with Crippen molar-refractivity contribution in [2.45, 2.75) is 32.7 Å². The SMILES string of the molecule is CCOC(=O)C1=C(COC(=O)C2CCN(C(=O)c3cccs3)CC2)NC(=O)N[C@H]1C. The first-order chi connectivity index (χ1) is 14.4. The Bertz CT molecular complexity index is 843. The van der Waals surface area contributed by atoms with Crippen LogP contribution >= 0.6 is 11.3 Å². The summed E-state index contributed by atoms with van der Waals surface area (Å²) in [5.74, 6) is -1.33. The van der Waals surface area contributed by atoms with Crippen molar-refractivity contribution >= 4 is 35.2 Å².